The number of hydrogen-bond donors (Lipinski definition) is 0. The van der Waals surface area contributed by atoms with Crippen LogP contribution < -0.4 is 4.90 Å². The molecule has 38 heavy (non-hydrogen) atoms. The standard InChI is InChI=1S/C31H28FN5O/c1-2-28(25-11-7-4-8-12-25)29-18-13-24(19-33-29)21-37(27-16-14-26(32)15-17-27)31(38)30-22-36(35-34-30)20-23-9-5-3-6-10-23/h3-19,22,28H,2,20-21H2,1H3. The summed E-state index contributed by atoms with van der Waals surface area (Å²) in [6.07, 6.45) is 4.37. The summed E-state index contributed by atoms with van der Waals surface area (Å²) in [5.41, 5.74) is 4.88. The summed E-state index contributed by atoms with van der Waals surface area (Å²) in [7, 11) is 0. The summed E-state index contributed by atoms with van der Waals surface area (Å²) < 4.78 is 15.3. The minimum absolute atomic E-state index is 0.194. The van der Waals surface area contributed by atoms with Gasteiger partial charge in [-0.1, -0.05) is 78.9 Å². The Kier molecular flexibility index (Phi) is 7.64. The predicted molar refractivity (Wildman–Crippen MR) is 145 cm³/mol. The fourth-order valence-corrected chi connectivity index (χ4v) is 4.50. The molecule has 6 nitrogen and oxygen atoms in total. The molecule has 1 atom stereocenters. The molecule has 1 unspecified atom stereocenters. The smallest absolute Gasteiger partial charge is 0.280 e. The van der Waals surface area contributed by atoms with Crippen molar-refractivity contribution in [3.8, 4) is 0 Å². The Hall–Kier alpha value is -4.65. The SMILES string of the molecule is CCC(c1ccccc1)c1ccc(CN(C(=O)c2cn(Cc3ccccc3)nn2)c2ccc(F)cc2)cn1. The lowest BCUT2D eigenvalue weighted by molar-refractivity contribution is 0.0980. The molecular formula is C31H28FN5O. The number of nitrogens with zero attached hydrogens (tertiary/aromatic N) is 5. The highest BCUT2D eigenvalue weighted by molar-refractivity contribution is 6.04. The van der Waals surface area contributed by atoms with E-state index in [-0.39, 0.29) is 29.9 Å². The Bertz CT molecular complexity index is 1470. The molecule has 2 aromatic heterocycles. The van der Waals surface area contributed by atoms with Crippen LogP contribution in [0.4, 0.5) is 10.1 Å². The van der Waals surface area contributed by atoms with Gasteiger partial charge < -0.3 is 4.90 Å². The van der Waals surface area contributed by atoms with E-state index in [1.54, 1.807) is 34.1 Å². The first-order valence-electron chi connectivity index (χ1n) is 12.6. The summed E-state index contributed by atoms with van der Waals surface area (Å²) in [6, 6.07) is 30.0. The van der Waals surface area contributed by atoms with Crippen LogP contribution in [0.1, 0.15) is 52.1 Å². The topological polar surface area (TPSA) is 63.9 Å². The van der Waals surface area contributed by atoms with E-state index in [0.29, 0.717) is 12.2 Å². The third kappa shape index (κ3) is 5.83. The van der Waals surface area contributed by atoms with Crippen LogP contribution in [0.15, 0.2) is 109 Å². The summed E-state index contributed by atoms with van der Waals surface area (Å²) >= 11 is 0. The van der Waals surface area contributed by atoms with E-state index in [1.165, 1.54) is 17.7 Å². The number of benzene rings is 3. The molecule has 5 rings (SSSR count). The first kappa shape index (κ1) is 25.0. The second-order valence-electron chi connectivity index (χ2n) is 9.12. The summed E-state index contributed by atoms with van der Waals surface area (Å²) in [4.78, 5) is 19.9. The van der Waals surface area contributed by atoms with E-state index in [2.05, 4.69) is 29.4 Å². The van der Waals surface area contributed by atoms with Gasteiger partial charge in [-0.05, 0) is 53.4 Å². The van der Waals surface area contributed by atoms with Gasteiger partial charge in [0.25, 0.3) is 5.91 Å². The molecule has 0 aliphatic rings. The first-order valence-corrected chi connectivity index (χ1v) is 12.6. The normalized spacial score (nSPS) is 11.7. The van der Waals surface area contributed by atoms with Gasteiger partial charge in [0.15, 0.2) is 5.69 Å². The largest absolute Gasteiger partial charge is 0.302 e. The van der Waals surface area contributed by atoms with Gasteiger partial charge in [-0.15, -0.1) is 5.10 Å². The van der Waals surface area contributed by atoms with Gasteiger partial charge in [0.1, 0.15) is 5.82 Å². The lowest BCUT2D eigenvalue weighted by atomic mass is 9.92. The Morgan fingerprint density at radius 2 is 1.61 bits per heavy atom. The zero-order valence-corrected chi connectivity index (χ0v) is 21.1. The molecule has 0 radical (unpaired) electrons. The number of rotatable bonds is 9. The molecule has 3 aromatic carbocycles. The fraction of sp³-hybridized carbons (Fsp3) is 0.161. The zero-order valence-electron chi connectivity index (χ0n) is 21.1. The van der Waals surface area contributed by atoms with Crippen LogP contribution in [0.3, 0.4) is 0 Å². The maximum atomic E-state index is 13.7. The lowest BCUT2D eigenvalue weighted by Crippen LogP contribution is -2.31. The maximum absolute atomic E-state index is 13.7. The van der Waals surface area contributed by atoms with Crippen LogP contribution in [0.5, 0.6) is 0 Å². The van der Waals surface area contributed by atoms with Crippen LogP contribution in [0.2, 0.25) is 0 Å². The molecule has 0 saturated carbocycles. The molecule has 7 heteroatoms. The third-order valence-corrected chi connectivity index (χ3v) is 6.48. The number of amides is 1. The monoisotopic (exact) mass is 505 g/mol. The molecule has 190 valence electrons. The van der Waals surface area contributed by atoms with Gasteiger partial charge in [-0.25, -0.2) is 9.07 Å². The van der Waals surface area contributed by atoms with E-state index in [1.807, 2.05) is 60.7 Å². The van der Waals surface area contributed by atoms with Crippen molar-refractivity contribution in [1.82, 2.24) is 20.0 Å². The molecule has 0 N–H and O–H groups in total. The van der Waals surface area contributed by atoms with Crippen LogP contribution in [-0.4, -0.2) is 25.9 Å². The first-order chi connectivity index (χ1) is 18.6. The van der Waals surface area contributed by atoms with Gasteiger partial charge in [0, 0.05) is 23.5 Å². The average molecular weight is 506 g/mol. The van der Waals surface area contributed by atoms with Crippen molar-refractivity contribution in [3.05, 3.63) is 143 Å². The summed E-state index contributed by atoms with van der Waals surface area (Å²) in [5.74, 6) is -0.497. The highest BCUT2D eigenvalue weighted by Gasteiger charge is 2.22. The van der Waals surface area contributed by atoms with Crippen molar-refractivity contribution in [1.29, 1.82) is 0 Å². The van der Waals surface area contributed by atoms with E-state index in [9.17, 15) is 9.18 Å². The fourth-order valence-electron chi connectivity index (χ4n) is 4.50. The van der Waals surface area contributed by atoms with Gasteiger partial charge >= 0.3 is 0 Å². The molecule has 0 bridgehead atoms. The van der Waals surface area contributed by atoms with Crippen molar-refractivity contribution in [2.75, 3.05) is 4.90 Å². The number of carbonyl (C=O) groups is 1. The van der Waals surface area contributed by atoms with E-state index < -0.39 is 0 Å². The van der Waals surface area contributed by atoms with Gasteiger partial charge in [-0.3, -0.25) is 9.78 Å². The Balaban J connectivity index is 1.38. The maximum Gasteiger partial charge on any atom is 0.280 e. The van der Waals surface area contributed by atoms with Crippen molar-refractivity contribution < 1.29 is 9.18 Å². The number of anilines is 1. The van der Waals surface area contributed by atoms with Gasteiger partial charge in [0.2, 0.25) is 0 Å². The molecule has 0 fully saturated rings. The molecule has 0 spiro atoms. The number of carbonyl (C=O) groups excluding carboxylic acids is 1. The highest BCUT2D eigenvalue weighted by Crippen LogP contribution is 2.27. The van der Waals surface area contributed by atoms with Crippen molar-refractivity contribution >= 4 is 11.6 Å². The number of halogens is 1. The van der Waals surface area contributed by atoms with Crippen LogP contribution in [0, 0.1) is 5.82 Å². The predicted octanol–water partition coefficient (Wildman–Crippen LogP) is 6.25. The second-order valence-corrected chi connectivity index (χ2v) is 9.12. The summed E-state index contributed by atoms with van der Waals surface area (Å²) in [5, 5.41) is 8.28. The Labute approximate surface area is 221 Å². The Morgan fingerprint density at radius 1 is 0.895 bits per heavy atom. The highest BCUT2D eigenvalue weighted by atomic mass is 19.1. The van der Waals surface area contributed by atoms with Gasteiger partial charge in [0.05, 0.1) is 19.3 Å². The van der Waals surface area contributed by atoms with Crippen LogP contribution in [0.25, 0.3) is 0 Å². The number of pyridine rings is 1. The lowest BCUT2D eigenvalue weighted by Gasteiger charge is -2.22. The molecule has 1 amide bonds. The molecular weight excluding hydrogens is 477 g/mol. The van der Waals surface area contributed by atoms with E-state index in [0.717, 1.165) is 23.2 Å². The third-order valence-electron chi connectivity index (χ3n) is 6.48. The number of hydrogen-bond acceptors (Lipinski definition) is 4. The van der Waals surface area contributed by atoms with Crippen LogP contribution >= 0.6 is 0 Å². The van der Waals surface area contributed by atoms with Gasteiger partial charge in [-0.2, -0.15) is 0 Å². The van der Waals surface area contributed by atoms with Crippen molar-refractivity contribution in [2.24, 2.45) is 0 Å². The minimum atomic E-state index is -0.368. The zero-order chi connectivity index (χ0) is 26.3. The summed E-state index contributed by atoms with van der Waals surface area (Å²) in [6.45, 7) is 2.90. The van der Waals surface area contributed by atoms with Crippen molar-refractivity contribution in [2.45, 2.75) is 32.4 Å². The Morgan fingerprint density at radius 3 is 2.26 bits per heavy atom. The molecule has 5 aromatic rings. The average Bonchev–Trinajstić information content (AvgIpc) is 3.43. The molecule has 0 aliphatic carbocycles. The van der Waals surface area contributed by atoms with Crippen LogP contribution in [-0.2, 0) is 13.1 Å². The number of aromatic nitrogens is 4. The van der Waals surface area contributed by atoms with E-state index in [4.69, 9.17) is 4.98 Å². The van der Waals surface area contributed by atoms with Crippen molar-refractivity contribution in [3.63, 3.8) is 0 Å². The second kappa shape index (κ2) is 11.6. The molecule has 0 saturated heterocycles. The quantitative estimate of drug-likeness (QED) is 0.238. The minimum Gasteiger partial charge on any atom is -0.302 e. The molecule has 0 aliphatic heterocycles. The van der Waals surface area contributed by atoms with E-state index >= 15 is 0 Å². The molecule has 2 heterocycles.